The smallest absolute Gasteiger partial charge is 0.373 e. The Morgan fingerprint density at radius 3 is 2.29 bits per heavy atom. The summed E-state index contributed by atoms with van der Waals surface area (Å²) in [5, 5.41) is 0. The molecule has 10 heteroatoms. The molecule has 1 fully saturated rings. The summed E-state index contributed by atoms with van der Waals surface area (Å²) in [7, 11) is -1.67. The molecule has 1 heterocycles. The van der Waals surface area contributed by atoms with Gasteiger partial charge in [0.15, 0.2) is 0 Å². The Morgan fingerprint density at radius 1 is 1.03 bits per heavy atom. The summed E-state index contributed by atoms with van der Waals surface area (Å²) in [6.45, 7) is 2.17. The zero-order valence-electron chi connectivity index (χ0n) is 16.6. The van der Waals surface area contributed by atoms with Gasteiger partial charge in [0.1, 0.15) is 0 Å². The van der Waals surface area contributed by atoms with Crippen LogP contribution in [0.3, 0.4) is 0 Å². The molecule has 3 atom stereocenters. The summed E-state index contributed by atoms with van der Waals surface area (Å²) in [4.78, 5) is 0.498. The van der Waals surface area contributed by atoms with E-state index in [1.807, 2.05) is 6.92 Å². The molecular weight excluding hydrogens is 462 g/mol. The molecule has 0 radical (unpaired) electrons. The second-order valence-corrected chi connectivity index (χ2v) is 10.6. The Labute approximate surface area is 182 Å². The van der Waals surface area contributed by atoms with E-state index in [2.05, 4.69) is 0 Å². The molecule has 31 heavy (non-hydrogen) atoms. The minimum Gasteiger partial charge on any atom is -0.373 e. The third-order valence-electron chi connectivity index (χ3n) is 5.09. The molecule has 1 aliphatic rings. The molecule has 0 bridgehead atoms. The number of benzene rings is 2. The highest BCUT2D eigenvalue weighted by Crippen LogP contribution is 2.47. The lowest BCUT2D eigenvalue weighted by molar-refractivity contribution is -0.138. The zero-order chi connectivity index (χ0) is 23.0. The average molecular weight is 483 g/mol. The van der Waals surface area contributed by atoms with Crippen LogP contribution < -0.4 is 0 Å². The first-order valence-corrected chi connectivity index (χ1v) is 11.7. The molecule has 2 aromatic carbocycles. The lowest BCUT2D eigenvalue weighted by Crippen LogP contribution is -2.32. The van der Waals surface area contributed by atoms with Gasteiger partial charge in [0.05, 0.1) is 28.0 Å². The number of ether oxygens (including phenoxy) is 1. The van der Waals surface area contributed by atoms with Crippen molar-refractivity contribution in [3.63, 3.8) is 0 Å². The van der Waals surface area contributed by atoms with Crippen molar-refractivity contribution >= 4 is 22.6 Å². The Bertz CT molecular complexity index is 973. The minimum absolute atomic E-state index is 0.0492. The third kappa shape index (κ3) is 5.84. The molecule has 0 spiro atoms. The first kappa shape index (κ1) is 24.1. The molecule has 0 amide bonds. The van der Waals surface area contributed by atoms with Crippen LogP contribution in [0.1, 0.15) is 42.6 Å². The number of thioether (sulfide) groups is 1. The van der Waals surface area contributed by atoms with Crippen LogP contribution in [0, 0.1) is 0 Å². The van der Waals surface area contributed by atoms with Crippen molar-refractivity contribution in [2.45, 2.75) is 52.8 Å². The van der Waals surface area contributed by atoms with E-state index in [0.717, 1.165) is 24.3 Å². The van der Waals surface area contributed by atoms with Crippen molar-refractivity contribution in [2.75, 3.05) is 12.9 Å². The van der Waals surface area contributed by atoms with Crippen LogP contribution in [0.5, 0.6) is 0 Å². The van der Waals surface area contributed by atoms with Crippen molar-refractivity contribution in [1.29, 1.82) is 0 Å². The first-order valence-electron chi connectivity index (χ1n) is 9.31. The predicted molar refractivity (Wildman–Crippen MR) is 107 cm³/mol. The molecule has 1 aliphatic heterocycles. The zero-order valence-corrected chi connectivity index (χ0v) is 18.3. The van der Waals surface area contributed by atoms with Crippen molar-refractivity contribution < 1.29 is 35.3 Å². The molecule has 2 nitrogen and oxygen atoms in total. The molecular formula is C21H20F6O2S2. The van der Waals surface area contributed by atoms with Crippen molar-refractivity contribution in [2.24, 2.45) is 0 Å². The van der Waals surface area contributed by atoms with Gasteiger partial charge in [-0.25, -0.2) is 0 Å². The molecule has 0 saturated carbocycles. The molecule has 0 aliphatic carbocycles. The largest absolute Gasteiger partial charge is 0.416 e. The molecule has 2 aromatic rings. The monoisotopic (exact) mass is 482 g/mol. The standard InChI is InChI=1S/C21H20F6O2S2/c1-19(30-15-5-3-4-13(10-15)20(22,23)24)8-9-29-17(12-19)16-7-6-14(21(25,26)27)11-18(16)31(2)28/h3-7,10-11,17H,8-9,12H2,1-2H3. The topological polar surface area (TPSA) is 26.3 Å². The van der Waals surface area contributed by atoms with Crippen LogP contribution in [-0.2, 0) is 27.9 Å². The highest BCUT2D eigenvalue weighted by molar-refractivity contribution is 8.00. The van der Waals surface area contributed by atoms with Gasteiger partial charge in [0.25, 0.3) is 0 Å². The Hall–Kier alpha value is -1.52. The van der Waals surface area contributed by atoms with E-state index in [0.29, 0.717) is 23.3 Å². The van der Waals surface area contributed by atoms with Gasteiger partial charge in [0, 0.05) is 27.4 Å². The maximum absolute atomic E-state index is 13.1. The summed E-state index contributed by atoms with van der Waals surface area (Å²) < 4.78 is 95.7. The van der Waals surface area contributed by atoms with E-state index in [-0.39, 0.29) is 11.5 Å². The lowest BCUT2D eigenvalue weighted by atomic mass is 9.92. The molecule has 170 valence electrons. The fourth-order valence-electron chi connectivity index (χ4n) is 3.51. The fraction of sp³-hybridized carbons (Fsp3) is 0.429. The Morgan fingerprint density at radius 2 is 1.68 bits per heavy atom. The minimum atomic E-state index is -4.56. The highest BCUT2D eigenvalue weighted by atomic mass is 32.2. The van der Waals surface area contributed by atoms with E-state index in [4.69, 9.17) is 4.74 Å². The van der Waals surface area contributed by atoms with Gasteiger partial charge in [-0.2, -0.15) is 26.3 Å². The van der Waals surface area contributed by atoms with E-state index < -0.39 is 45.1 Å². The van der Waals surface area contributed by atoms with Gasteiger partial charge in [-0.1, -0.05) is 12.1 Å². The summed E-state index contributed by atoms with van der Waals surface area (Å²) in [5.41, 5.74) is -1.22. The third-order valence-corrected chi connectivity index (χ3v) is 7.42. The SMILES string of the molecule is CS(=O)c1cc(C(F)(F)F)ccc1C1CC(C)(Sc2cccc(C(F)(F)F)c2)CCO1. The highest BCUT2D eigenvalue weighted by Gasteiger charge is 2.38. The van der Waals surface area contributed by atoms with Gasteiger partial charge in [-0.15, -0.1) is 11.8 Å². The first-order chi connectivity index (χ1) is 14.3. The van der Waals surface area contributed by atoms with Crippen LogP contribution in [-0.4, -0.2) is 21.8 Å². The second-order valence-electron chi connectivity index (χ2n) is 7.60. The quantitative estimate of drug-likeness (QED) is 0.445. The van der Waals surface area contributed by atoms with Gasteiger partial charge < -0.3 is 4.74 Å². The molecule has 0 N–H and O–H groups in total. The van der Waals surface area contributed by atoms with Gasteiger partial charge in [-0.05, 0) is 55.7 Å². The Kier molecular flexibility index (Phi) is 6.84. The number of hydrogen-bond donors (Lipinski definition) is 0. The van der Waals surface area contributed by atoms with Crippen LogP contribution >= 0.6 is 11.8 Å². The summed E-state index contributed by atoms with van der Waals surface area (Å²) >= 11 is 1.28. The van der Waals surface area contributed by atoms with Gasteiger partial charge in [0.2, 0.25) is 0 Å². The normalized spacial score (nSPS) is 23.5. The van der Waals surface area contributed by atoms with Crippen LogP contribution in [0.2, 0.25) is 0 Å². The van der Waals surface area contributed by atoms with Gasteiger partial charge >= 0.3 is 12.4 Å². The summed E-state index contributed by atoms with van der Waals surface area (Å²) in [6.07, 6.45) is -7.42. The maximum Gasteiger partial charge on any atom is 0.416 e. The van der Waals surface area contributed by atoms with E-state index >= 15 is 0 Å². The Balaban J connectivity index is 1.87. The van der Waals surface area contributed by atoms with E-state index in [1.165, 1.54) is 30.2 Å². The number of halogens is 6. The van der Waals surface area contributed by atoms with Crippen LogP contribution in [0.4, 0.5) is 26.3 Å². The summed E-state index contributed by atoms with van der Waals surface area (Å²) in [6, 6.07) is 8.13. The number of rotatable bonds is 4. The average Bonchev–Trinajstić information content (AvgIpc) is 2.66. The van der Waals surface area contributed by atoms with Crippen LogP contribution in [0.15, 0.2) is 52.3 Å². The maximum atomic E-state index is 13.1. The van der Waals surface area contributed by atoms with Crippen LogP contribution in [0.25, 0.3) is 0 Å². The van der Waals surface area contributed by atoms with Gasteiger partial charge in [-0.3, -0.25) is 4.21 Å². The fourth-order valence-corrected chi connectivity index (χ4v) is 5.65. The number of alkyl halides is 6. The molecule has 3 unspecified atom stereocenters. The van der Waals surface area contributed by atoms with E-state index in [1.54, 1.807) is 6.07 Å². The lowest BCUT2D eigenvalue weighted by Gasteiger charge is -2.38. The summed E-state index contributed by atoms with van der Waals surface area (Å²) in [5.74, 6) is 0. The van der Waals surface area contributed by atoms with Crippen molar-refractivity contribution in [3.05, 3.63) is 59.2 Å². The number of hydrogen-bond acceptors (Lipinski definition) is 3. The van der Waals surface area contributed by atoms with Crippen molar-refractivity contribution in [1.82, 2.24) is 0 Å². The van der Waals surface area contributed by atoms with Crippen molar-refractivity contribution in [3.8, 4) is 0 Å². The predicted octanol–water partition coefficient (Wildman–Crippen LogP) is 6.86. The molecule has 0 aromatic heterocycles. The van der Waals surface area contributed by atoms with E-state index in [9.17, 15) is 30.6 Å². The second kappa shape index (κ2) is 8.78. The molecule has 1 saturated heterocycles. The molecule has 3 rings (SSSR count).